The second-order valence-electron chi connectivity index (χ2n) is 4.00. The van der Waals surface area contributed by atoms with Crippen LogP contribution in [0.4, 0.5) is 0 Å². The minimum Gasteiger partial charge on any atom is -0.481 e. The summed E-state index contributed by atoms with van der Waals surface area (Å²) in [4.78, 5) is 21.6. The van der Waals surface area contributed by atoms with Crippen molar-refractivity contribution >= 4 is 11.9 Å². The van der Waals surface area contributed by atoms with Crippen LogP contribution in [-0.4, -0.2) is 23.7 Å². The number of esters is 1. The molecule has 0 radical (unpaired) electrons. The van der Waals surface area contributed by atoms with Crippen LogP contribution in [0, 0.1) is 11.8 Å². The third kappa shape index (κ3) is 3.38. The van der Waals surface area contributed by atoms with Crippen LogP contribution in [0.25, 0.3) is 0 Å². The first-order valence-corrected chi connectivity index (χ1v) is 5.02. The lowest BCUT2D eigenvalue weighted by molar-refractivity contribution is -0.150. The highest BCUT2D eigenvalue weighted by molar-refractivity contribution is 5.71. The van der Waals surface area contributed by atoms with Crippen molar-refractivity contribution in [3.63, 3.8) is 0 Å². The van der Waals surface area contributed by atoms with Crippen molar-refractivity contribution in [3.05, 3.63) is 11.6 Å². The number of ether oxygens (including phenoxy) is 1. The first kappa shape index (κ1) is 11.8. The van der Waals surface area contributed by atoms with Gasteiger partial charge in [-0.1, -0.05) is 11.6 Å². The van der Waals surface area contributed by atoms with E-state index in [-0.39, 0.29) is 18.5 Å². The van der Waals surface area contributed by atoms with Crippen LogP contribution in [-0.2, 0) is 14.3 Å². The van der Waals surface area contributed by atoms with E-state index < -0.39 is 11.9 Å². The number of allylic oxidation sites excluding steroid dienone is 2. The van der Waals surface area contributed by atoms with Gasteiger partial charge in [-0.25, -0.2) is 0 Å². The molecule has 1 aliphatic rings. The highest BCUT2D eigenvalue weighted by Gasteiger charge is 2.31. The van der Waals surface area contributed by atoms with Gasteiger partial charge in [0.05, 0.1) is 12.5 Å². The number of rotatable bonds is 3. The molecule has 0 aliphatic heterocycles. The number of carboxylic acids is 1. The van der Waals surface area contributed by atoms with E-state index in [1.54, 1.807) is 0 Å². The molecule has 2 atom stereocenters. The molecule has 0 aromatic carbocycles. The quantitative estimate of drug-likeness (QED) is 0.570. The maximum Gasteiger partial charge on any atom is 0.307 e. The Morgan fingerprint density at radius 3 is 2.80 bits per heavy atom. The Balaban J connectivity index is 2.60. The monoisotopic (exact) mass is 212 g/mol. The Bertz CT molecular complexity index is 293. The van der Waals surface area contributed by atoms with Crippen molar-refractivity contribution in [2.75, 3.05) is 6.61 Å². The van der Waals surface area contributed by atoms with Gasteiger partial charge in [-0.15, -0.1) is 0 Å². The average Bonchev–Trinajstić information content (AvgIpc) is 2.15. The van der Waals surface area contributed by atoms with Crippen LogP contribution in [0.1, 0.15) is 26.7 Å². The number of aliphatic carboxylic acids is 1. The summed E-state index contributed by atoms with van der Waals surface area (Å²) < 4.78 is 4.87. The minimum atomic E-state index is -0.806. The van der Waals surface area contributed by atoms with Crippen molar-refractivity contribution in [1.29, 1.82) is 0 Å². The summed E-state index contributed by atoms with van der Waals surface area (Å²) in [5, 5.41) is 9.02. The molecule has 84 valence electrons. The Labute approximate surface area is 88.9 Å². The molecule has 0 amide bonds. The van der Waals surface area contributed by atoms with Gasteiger partial charge in [0.1, 0.15) is 0 Å². The van der Waals surface area contributed by atoms with E-state index in [0.29, 0.717) is 12.8 Å². The molecule has 4 heteroatoms. The molecule has 0 aromatic rings. The molecule has 1 rings (SSSR count). The lowest BCUT2D eigenvalue weighted by Crippen LogP contribution is -2.30. The van der Waals surface area contributed by atoms with E-state index in [4.69, 9.17) is 9.84 Å². The zero-order valence-electron chi connectivity index (χ0n) is 9.03. The Morgan fingerprint density at radius 1 is 1.60 bits per heavy atom. The molecule has 1 N–H and O–H groups in total. The lowest BCUT2D eigenvalue weighted by Gasteiger charge is -2.26. The van der Waals surface area contributed by atoms with Crippen molar-refractivity contribution in [2.24, 2.45) is 11.8 Å². The van der Waals surface area contributed by atoms with Gasteiger partial charge in [-0.05, 0) is 19.8 Å². The van der Waals surface area contributed by atoms with Crippen molar-refractivity contribution in [2.45, 2.75) is 26.7 Å². The summed E-state index contributed by atoms with van der Waals surface area (Å²) in [6.07, 6.45) is 3.25. The Morgan fingerprint density at radius 2 is 2.27 bits per heavy atom. The highest BCUT2D eigenvalue weighted by Crippen LogP contribution is 2.30. The molecule has 0 saturated heterocycles. The van der Waals surface area contributed by atoms with E-state index in [2.05, 4.69) is 0 Å². The summed E-state index contributed by atoms with van der Waals surface area (Å²) in [5.41, 5.74) is 1.10. The number of hydrogen-bond donors (Lipinski definition) is 1. The van der Waals surface area contributed by atoms with E-state index in [1.165, 1.54) is 6.92 Å². The molecule has 2 unspecified atom stereocenters. The second-order valence-corrected chi connectivity index (χ2v) is 4.00. The van der Waals surface area contributed by atoms with Crippen molar-refractivity contribution in [3.8, 4) is 0 Å². The van der Waals surface area contributed by atoms with Crippen molar-refractivity contribution < 1.29 is 19.4 Å². The Kier molecular flexibility index (Phi) is 3.88. The number of hydrogen-bond acceptors (Lipinski definition) is 3. The fourth-order valence-corrected chi connectivity index (χ4v) is 1.81. The fourth-order valence-electron chi connectivity index (χ4n) is 1.81. The molecule has 0 spiro atoms. The number of carbonyl (C=O) groups is 2. The zero-order chi connectivity index (χ0) is 11.4. The Hall–Kier alpha value is -1.32. The molecule has 15 heavy (non-hydrogen) atoms. The topological polar surface area (TPSA) is 63.6 Å². The van der Waals surface area contributed by atoms with E-state index in [0.717, 1.165) is 5.57 Å². The van der Waals surface area contributed by atoms with Gasteiger partial charge in [0.2, 0.25) is 0 Å². The van der Waals surface area contributed by atoms with Crippen LogP contribution in [0.2, 0.25) is 0 Å². The third-order valence-electron chi connectivity index (χ3n) is 2.70. The van der Waals surface area contributed by atoms with Gasteiger partial charge < -0.3 is 9.84 Å². The first-order chi connectivity index (χ1) is 7.00. The van der Waals surface area contributed by atoms with E-state index in [1.807, 2.05) is 13.0 Å². The van der Waals surface area contributed by atoms with Crippen LogP contribution < -0.4 is 0 Å². The molecule has 0 fully saturated rings. The normalized spacial score (nSPS) is 25.6. The highest BCUT2D eigenvalue weighted by atomic mass is 16.5. The summed E-state index contributed by atoms with van der Waals surface area (Å²) >= 11 is 0. The third-order valence-corrected chi connectivity index (χ3v) is 2.70. The summed E-state index contributed by atoms with van der Waals surface area (Å²) in [6.45, 7) is 3.47. The maximum atomic E-state index is 11.0. The van der Waals surface area contributed by atoms with E-state index >= 15 is 0 Å². The standard InChI is InChI=1S/C11H16O4/c1-7-3-4-9(6-15-8(2)12)10(5-7)11(13)14/h3,9-10H,4-6H2,1-2H3,(H,13,14). The second kappa shape index (κ2) is 4.96. The summed E-state index contributed by atoms with van der Waals surface area (Å²) in [7, 11) is 0. The van der Waals surface area contributed by atoms with Crippen LogP contribution in [0.15, 0.2) is 11.6 Å². The summed E-state index contributed by atoms with van der Waals surface area (Å²) in [6, 6.07) is 0. The van der Waals surface area contributed by atoms with Gasteiger partial charge in [-0.3, -0.25) is 9.59 Å². The number of carbonyl (C=O) groups excluding carboxylic acids is 1. The molecule has 4 nitrogen and oxygen atoms in total. The SMILES string of the molecule is CC(=O)OCC1CC=C(C)CC1C(=O)O. The predicted molar refractivity (Wildman–Crippen MR) is 54.2 cm³/mol. The largest absolute Gasteiger partial charge is 0.481 e. The van der Waals surface area contributed by atoms with E-state index in [9.17, 15) is 9.59 Å². The van der Waals surface area contributed by atoms with Crippen LogP contribution in [0.3, 0.4) is 0 Å². The number of carboxylic acid groups (broad SMARTS) is 1. The molecular weight excluding hydrogens is 196 g/mol. The molecule has 0 aromatic heterocycles. The average molecular weight is 212 g/mol. The fraction of sp³-hybridized carbons (Fsp3) is 0.636. The first-order valence-electron chi connectivity index (χ1n) is 5.02. The molecule has 0 saturated carbocycles. The van der Waals surface area contributed by atoms with Gasteiger partial charge in [0, 0.05) is 12.8 Å². The molecular formula is C11H16O4. The van der Waals surface area contributed by atoms with Gasteiger partial charge in [0.25, 0.3) is 0 Å². The minimum absolute atomic E-state index is 0.0879. The molecule has 0 bridgehead atoms. The van der Waals surface area contributed by atoms with Crippen LogP contribution in [0.5, 0.6) is 0 Å². The molecule has 0 heterocycles. The summed E-state index contributed by atoms with van der Waals surface area (Å²) in [5.74, 6) is -1.67. The predicted octanol–water partition coefficient (Wildman–Crippen LogP) is 1.61. The van der Waals surface area contributed by atoms with Gasteiger partial charge >= 0.3 is 11.9 Å². The molecule has 1 aliphatic carbocycles. The lowest BCUT2D eigenvalue weighted by atomic mass is 9.80. The van der Waals surface area contributed by atoms with Crippen molar-refractivity contribution in [1.82, 2.24) is 0 Å². The zero-order valence-corrected chi connectivity index (χ0v) is 9.03. The van der Waals surface area contributed by atoms with Gasteiger partial charge in [-0.2, -0.15) is 0 Å². The van der Waals surface area contributed by atoms with Crippen LogP contribution >= 0.6 is 0 Å². The maximum absolute atomic E-state index is 11.0. The smallest absolute Gasteiger partial charge is 0.307 e. The van der Waals surface area contributed by atoms with Gasteiger partial charge in [0.15, 0.2) is 0 Å².